The number of nitrogens with two attached hydrogens (primary N) is 1. The molecule has 0 saturated carbocycles. The average molecular weight is 305 g/mol. The molecule has 1 aromatic carbocycles. The van der Waals surface area contributed by atoms with Gasteiger partial charge in [-0.3, -0.25) is 4.79 Å². The monoisotopic (exact) mass is 305 g/mol. The number of benzene rings is 1. The van der Waals surface area contributed by atoms with Crippen LogP contribution in [0.1, 0.15) is 18.7 Å². The van der Waals surface area contributed by atoms with Crippen molar-refractivity contribution in [2.45, 2.75) is 26.9 Å². The molecular formula is C15H19N3O2S. The van der Waals surface area contributed by atoms with Crippen molar-refractivity contribution in [3.05, 3.63) is 29.1 Å². The third-order valence-electron chi connectivity index (χ3n) is 2.73. The number of ether oxygens (including phenoxy) is 1. The Morgan fingerprint density at radius 3 is 2.62 bits per heavy atom. The van der Waals surface area contributed by atoms with E-state index in [1.54, 1.807) is 0 Å². The van der Waals surface area contributed by atoms with E-state index in [1.165, 1.54) is 11.3 Å². The lowest BCUT2D eigenvalue weighted by atomic mass is 10.1. The van der Waals surface area contributed by atoms with Crippen molar-refractivity contribution >= 4 is 22.4 Å². The quantitative estimate of drug-likeness (QED) is 0.890. The van der Waals surface area contributed by atoms with Gasteiger partial charge >= 0.3 is 0 Å². The smallest absolute Gasteiger partial charge is 0.239 e. The van der Waals surface area contributed by atoms with Crippen molar-refractivity contribution in [2.75, 3.05) is 11.9 Å². The maximum atomic E-state index is 11.3. The molecule has 0 unspecified atom stereocenters. The first kappa shape index (κ1) is 15.5. The normalized spacial score (nSPS) is 10.7. The van der Waals surface area contributed by atoms with Crippen molar-refractivity contribution in [1.29, 1.82) is 0 Å². The molecule has 112 valence electrons. The molecule has 1 aromatic heterocycles. The summed E-state index contributed by atoms with van der Waals surface area (Å²) in [6.07, 6.45) is 0.148. The zero-order valence-corrected chi connectivity index (χ0v) is 13.2. The van der Waals surface area contributed by atoms with E-state index in [4.69, 9.17) is 10.5 Å². The molecule has 5 nitrogen and oxygen atoms in total. The van der Waals surface area contributed by atoms with Crippen LogP contribution in [0.3, 0.4) is 0 Å². The van der Waals surface area contributed by atoms with Gasteiger partial charge in [0.15, 0.2) is 5.13 Å². The predicted molar refractivity (Wildman–Crippen MR) is 85.7 cm³/mol. The standard InChI is InChI=1S/C15H19N3O2S/c1-9(2)20-12-6-4-11(5-7-12)14-10(3)21-15(18-14)17-13(19)8-16/h4-7,9H,8,16H2,1-3H3,(H,17,18,19). The van der Waals surface area contributed by atoms with Gasteiger partial charge in [0.2, 0.25) is 5.91 Å². The third kappa shape index (κ3) is 4.03. The summed E-state index contributed by atoms with van der Waals surface area (Å²) in [6.45, 7) is 5.91. The van der Waals surface area contributed by atoms with Gasteiger partial charge in [-0.2, -0.15) is 0 Å². The molecule has 2 aromatic rings. The van der Waals surface area contributed by atoms with Crippen LogP contribution in [-0.4, -0.2) is 23.5 Å². The third-order valence-corrected chi connectivity index (χ3v) is 3.61. The fraction of sp³-hybridized carbons (Fsp3) is 0.333. The van der Waals surface area contributed by atoms with Gasteiger partial charge in [-0.25, -0.2) is 4.98 Å². The van der Waals surface area contributed by atoms with Gasteiger partial charge in [-0.05, 0) is 45.0 Å². The molecule has 0 fully saturated rings. The largest absolute Gasteiger partial charge is 0.491 e. The molecule has 1 heterocycles. The second-order valence-electron chi connectivity index (χ2n) is 4.87. The number of carbonyl (C=O) groups excluding carboxylic acids is 1. The fourth-order valence-electron chi connectivity index (χ4n) is 1.85. The van der Waals surface area contributed by atoms with E-state index in [0.29, 0.717) is 5.13 Å². The second kappa shape index (κ2) is 6.69. The number of anilines is 1. The molecule has 21 heavy (non-hydrogen) atoms. The van der Waals surface area contributed by atoms with Crippen LogP contribution in [0, 0.1) is 6.92 Å². The van der Waals surface area contributed by atoms with Crippen LogP contribution in [-0.2, 0) is 4.79 Å². The average Bonchev–Trinajstić information content (AvgIpc) is 2.79. The molecule has 0 atom stereocenters. The Bertz CT molecular complexity index is 620. The first-order valence-electron chi connectivity index (χ1n) is 6.74. The Morgan fingerprint density at radius 2 is 2.05 bits per heavy atom. The van der Waals surface area contributed by atoms with Gasteiger partial charge in [0.05, 0.1) is 18.3 Å². The van der Waals surface area contributed by atoms with Crippen molar-refractivity contribution in [3.63, 3.8) is 0 Å². The Hall–Kier alpha value is -1.92. The summed E-state index contributed by atoms with van der Waals surface area (Å²) in [5, 5.41) is 3.25. The van der Waals surface area contributed by atoms with E-state index in [0.717, 1.165) is 21.9 Å². The maximum Gasteiger partial charge on any atom is 0.239 e. The second-order valence-corrected chi connectivity index (χ2v) is 6.07. The molecule has 0 saturated heterocycles. The van der Waals surface area contributed by atoms with Gasteiger partial charge in [-0.15, -0.1) is 11.3 Å². The van der Waals surface area contributed by atoms with Crippen LogP contribution in [0.5, 0.6) is 5.75 Å². The Morgan fingerprint density at radius 1 is 1.38 bits per heavy atom. The van der Waals surface area contributed by atoms with E-state index in [9.17, 15) is 4.79 Å². The minimum absolute atomic E-state index is 0.0464. The zero-order chi connectivity index (χ0) is 15.4. The van der Waals surface area contributed by atoms with Gasteiger partial charge in [0, 0.05) is 10.4 Å². The first-order valence-corrected chi connectivity index (χ1v) is 7.55. The molecule has 0 bridgehead atoms. The van der Waals surface area contributed by atoms with E-state index >= 15 is 0 Å². The lowest BCUT2D eigenvalue weighted by molar-refractivity contribution is -0.114. The highest BCUT2D eigenvalue weighted by atomic mass is 32.1. The van der Waals surface area contributed by atoms with Crippen LogP contribution < -0.4 is 15.8 Å². The van der Waals surface area contributed by atoms with Crippen molar-refractivity contribution in [1.82, 2.24) is 4.98 Å². The predicted octanol–water partition coefficient (Wildman–Crippen LogP) is 2.80. The van der Waals surface area contributed by atoms with Gasteiger partial charge < -0.3 is 15.8 Å². The first-order chi connectivity index (χ1) is 9.99. The molecule has 0 aliphatic heterocycles. The van der Waals surface area contributed by atoms with E-state index in [2.05, 4.69) is 10.3 Å². The number of aromatic nitrogens is 1. The highest BCUT2D eigenvalue weighted by Gasteiger charge is 2.11. The van der Waals surface area contributed by atoms with Crippen molar-refractivity contribution < 1.29 is 9.53 Å². The van der Waals surface area contributed by atoms with Crippen LogP contribution in [0.15, 0.2) is 24.3 Å². The summed E-state index contributed by atoms with van der Waals surface area (Å²) in [4.78, 5) is 16.8. The molecule has 1 amide bonds. The number of hydrogen-bond donors (Lipinski definition) is 2. The van der Waals surface area contributed by atoms with Crippen LogP contribution in [0.25, 0.3) is 11.3 Å². The summed E-state index contributed by atoms with van der Waals surface area (Å²) in [7, 11) is 0. The highest BCUT2D eigenvalue weighted by molar-refractivity contribution is 7.16. The van der Waals surface area contributed by atoms with Gasteiger partial charge in [0.25, 0.3) is 0 Å². The number of thiazole rings is 1. The molecule has 0 aliphatic carbocycles. The number of amides is 1. The summed E-state index contributed by atoms with van der Waals surface area (Å²) >= 11 is 1.44. The molecular weight excluding hydrogens is 286 g/mol. The zero-order valence-electron chi connectivity index (χ0n) is 12.3. The SMILES string of the molecule is Cc1sc(NC(=O)CN)nc1-c1ccc(OC(C)C)cc1. The number of hydrogen-bond acceptors (Lipinski definition) is 5. The summed E-state index contributed by atoms with van der Waals surface area (Å²) in [5.41, 5.74) is 7.14. The molecule has 6 heteroatoms. The van der Waals surface area contributed by atoms with E-state index in [1.807, 2.05) is 45.0 Å². The summed E-state index contributed by atoms with van der Waals surface area (Å²) < 4.78 is 5.62. The van der Waals surface area contributed by atoms with Gasteiger partial charge in [-0.1, -0.05) is 0 Å². The summed E-state index contributed by atoms with van der Waals surface area (Å²) in [5.74, 6) is 0.592. The lowest BCUT2D eigenvalue weighted by Gasteiger charge is -2.09. The molecule has 0 radical (unpaired) electrons. The van der Waals surface area contributed by atoms with Gasteiger partial charge in [0.1, 0.15) is 5.75 Å². The van der Waals surface area contributed by atoms with E-state index in [-0.39, 0.29) is 18.6 Å². The van der Waals surface area contributed by atoms with Crippen LogP contribution in [0.4, 0.5) is 5.13 Å². The fourth-order valence-corrected chi connectivity index (χ4v) is 2.70. The highest BCUT2D eigenvalue weighted by Crippen LogP contribution is 2.31. The Balaban J connectivity index is 2.19. The number of carbonyl (C=O) groups is 1. The Labute approximate surface area is 128 Å². The number of aryl methyl sites for hydroxylation is 1. The molecule has 3 N–H and O–H groups in total. The molecule has 2 rings (SSSR count). The van der Waals surface area contributed by atoms with Crippen LogP contribution >= 0.6 is 11.3 Å². The summed E-state index contributed by atoms with van der Waals surface area (Å²) in [6, 6.07) is 7.78. The number of rotatable bonds is 5. The molecule has 0 aliphatic rings. The van der Waals surface area contributed by atoms with Crippen LogP contribution in [0.2, 0.25) is 0 Å². The molecule has 0 spiro atoms. The minimum atomic E-state index is -0.240. The minimum Gasteiger partial charge on any atom is -0.491 e. The topological polar surface area (TPSA) is 77.2 Å². The van der Waals surface area contributed by atoms with Crippen molar-refractivity contribution in [3.8, 4) is 17.0 Å². The lowest BCUT2D eigenvalue weighted by Crippen LogP contribution is -2.21. The number of nitrogens with zero attached hydrogens (tertiary/aromatic N) is 1. The maximum absolute atomic E-state index is 11.3. The van der Waals surface area contributed by atoms with E-state index < -0.39 is 0 Å². The Kier molecular flexibility index (Phi) is 4.93. The number of nitrogens with one attached hydrogen (secondary N) is 1. The van der Waals surface area contributed by atoms with Crippen molar-refractivity contribution in [2.24, 2.45) is 5.73 Å².